The van der Waals surface area contributed by atoms with E-state index in [2.05, 4.69) is 0 Å². The van der Waals surface area contributed by atoms with E-state index in [1.165, 1.54) is 4.90 Å². The highest BCUT2D eigenvalue weighted by Gasteiger charge is 2.27. The molecule has 0 unspecified atom stereocenters. The number of carboxylic acid groups (broad SMARTS) is 1. The number of hydrogen-bond acceptors (Lipinski definition) is 4. The summed E-state index contributed by atoms with van der Waals surface area (Å²) in [6.07, 6.45) is 2.79. The van der Waals surface area contributed by atoms with Gasteiger partial charge in [0.25, 0.3) is 0 Å². The Morgan fingerprint density at radius 1 is 1.21 bits per heavy atom. The lowest BCUT2D eigenvalue weighted by Gasteiger charge is -2.31. The Morgan fingerprint density at radius 3 is 2.57 bits per heavy atom. The minimum atomic E-state index is -0.800. The average Bonchev–Trinajstić information content (AvgIpc) is 2.67. The van der Waals surface area contributed by atoms with Crippen LogP contribution in [0.5, 0.6) is 5.75 Å². The number of likely N-dealkylation sites (tertiary alicyclic amines) is 1. The van der Waals surface area contributed by atoms with Crippen LogP contribution in [0.4, 0.5) is 0 Å². The molecule has 7 nitrogen and oxygen atoms in total. The van der Waals surface area contributed by atoms with E-state index in [4.69, 9.17) is 9.84 Å². The van der Waals surface area contributed by atoms with Gasteiger partial charge in [0.05, 0.1) is 19.1 Å². The fraction of sp³-hybridized carbons (Fsp3) is 0.571. The number of piperidine rings is 1. The molecule has 0 aromatic heterocycles. The van der Waals surface area contributed by atoms with Gasteiger partial charge in [0.1, 0.15) is 5.75 Å². The number of benzene rings is 1. The molecule has 2 rings (SSSR count). The van der Waals surface area contributed by atoms with Gasteiger partial charge in [-0.15, -0.1) is 0 Å². The standard InChI is InChI=1S/C21H30N2O5/c1-16-6-5-7-18(14-16)28-13-4-3-8-19(24)22(2)15-20(25)23-11-9-17(10-12-23)21(26)27/h5-7,14,17H,3-4,8-13,15H2,1-2H3,(H,26,27). The number of rotatable bonds is 9. The normalized spacial score (nSPS) is 14.6. The summed E-state index contributed by atoms with van der Waals surface area (Å²) >= 11 is 0. The van der Waals surface area contributed by atoms with Gasteiger partial charge in [0.2, 0.25) is 11.8 Å². The number of carboxylic acids is 1. The van der Waals surface area contributed by atoms with E-state index < -0.39 is 5.97 Å². The van der Waals surface area contributed by atoms with Crippen molar-refractivity contribution in [3.8, 4) is 5.75 Å². The summed E-state index contributed by atoms with van der Waals surface area (Å²) in [6, 6.07) is 7.85. The quantitative estimate of drug-likeness (QED) is 0.654. The third-order valence-corrected chi connectivity index (χ3v) is 5.04. The molecule has 2 amide bonds. The van der Waals surface area contributed by atoms with Crippen LogP contribution in [0.1, 0.15) is 37.7 Å². The van der Waals surface area contributed by atoms with E-state index in [9.17, 15) is 14.4 Å². The monoisotopic (exact) mass is 390 g/mol. The van der Waals surface area contributed by atoms with Crippen LogP contribution in [0.3, 0.4) is 0 Å². The molecule has 1 aliphatic heterocycles. The molecule has 0 radical (unpaired) electrons. The van der Waals surface area contributed by atoms with Crippen molar-refractivity contribution >= 4 is 17.8 Å². The fourth-order valence-electron chi connectivity index (χ4n) is 3.23. The molecule has 154 valence electrons. The molecule has 0 aliphatic carbocycles. The van der Waals surface area contributed by atoms with Crippen LogP contribution in [-0.4, -0.2) is 66.0 Å². The van der Waals surface area contributed by atoms with Crippen molar-refractivity contribution in [2.24, 2.45) is 5.92 Å². The summed E-state index contributed by atoms with van der Waals surface area (Å²) in [5.41, 5.74) is 1.14. The second kappa shape index (κ2) is 10.7. The molecule has 1 aromatic carbocycles. The number of carbonyl (C=O) groups excluding carboxylic acids is 2. The Hall–Kier alpha value is -2.57. The topological polar surface area (TPSA) is 87.2 Å². The average molecular weight is 390 g/mol. The van der Waals surface area contributed by atoms with Crippen molar-refractivity contribution < 1.29 is 24.2 Å². The first-order valence-corrected chi connectivity index (χ1v) is 9.81. The Labute approximate surface area is 166 Å². The predicted molar refractivity (Wildman–Crippen MR) is 105 cm³/mol. The Kier molecular flexibility index (Phi) is 8.29. The number of aliphatic carboxylic acids is 1. The van der Waals surface area contributed by atoms with Crippen LogP contribution >= 0.6 is 0 Å². The molecule has 1 aliphatic rings. The van der Waals surface area contributed by atoms with Crippen molar-refractivity contribution in [3.63, 3.8) is 0 Å². The fourth-order valence-corrected chi connectivity index (χ4v) is 3.23. The highest BCUT2D eigenvalue weighted by molar-refractivity contribution is 5.84. The number of amides is 2. The van der Waals surface area contributed by atoms with Crippen LogP contribution < -0.4 is 4.74 Å². The first kappa shape index (κ1) is 21.7. The van der Waals surface area contributed by atoms with E-state index in [1.807, 2.05) is 31.2 Å². The lowest BCUT2D eigenvalue weighted by atomic mass is 9.97. The minimum Gasteiger partial charge on any atom is -0.494 e. The molecule has 1 saturated heterocycles. The molecule has 0 spiro atoms. The Morgan fingerprint density at radius 2 is 1.93 bits per heavy atom. The molecular weight excluding hydrogens is 360 g/mol. The third kappa shape index (κ3) is 6.87. The molecule has 1 N–H and O–H groups in total. The van der Waals surface area contributed by atoms with E-state index in [1.54, 1.807) is 11.9 Å². The maximum Gasteiger partial charge on any atom is 0.306 e. The molecule has 1 heterocycles. The summed E-state index contributed by atoms with van der Waals surface area (Å²) in [5, 5.41) is 9.01. The lowest BCUT2D eigenvalue weighted by molar-refractivity contribution is -0.146. The molecule has 7 heteroatoms. The Balaban J connectivity index is 1.61. The van der Waals surface area contributed by atoms with Gasteiger partial charge in [-0.05, 0) is 50.3 Å². The van der Waals surface area contributed by atoms with Crippen molar-refractivity contribution in [3.05, 3.63) is 29.8 Å². The zero-order valence-corrected chi connectivity index (χ0v) is 16.7. The molecule has 1 aromatic rings. The van der Waals surface area contributed by atoms with Crippen LogP contribution in [0, 0.1) is 12.8 Å². The maximum atomic E-state index is 12.3. The highest BCUT2D eigenvalue weighted by atomic mass is 16.5. The van der Waals surface area contributed by atoms with Gasteiger partial charge in [-0.2, -0.15) is 0 Å². The third-order valence-electron chi connectivity index (χ3n) is 5.04. The summed E-state index contributed by atoms with van der Waals surface area (Å²) in [5.74, 6) is -0.524. The van der Waals surface area contributed by atoms with E-state index in [-0.39, 0.29) is 24.3 Å². The maximum absolute atomic E-state index is 12.3. The van der Waals surface area contributed by atoms with Gasteiger partial charge in [-0.25, -0.2) is 0 Å². The second-order valence-corrected chi connectivity index (χ2v) is 7.37. The first-order chi connectivity index (χ1) is 13.4. The smallest absolute Gasteiger partial charge is 0.306 e. The van der Waals surface area contributed by atoms with Crippen molar-refractivity contribution in [2.45, 2.75) is 39.0 Å². The largest absolute Gasteiger partial charge is 0.494 e. The van der Waals surface area contributed by atoms with Gasteiger partial charge in [-0.1, -0.05) is 12.1 Å². The lowest BCUT2D eigenvalue weighted by Crippen LogP contribution is -2.45. The van der Waals surface area contributed by atoms with Gasteiger partial charge in [0, 0.05) is 26.6 Å². The molecule has 0 bridgehead atoms. The van der Waals surface area contributed by atoms with Gasteiger partial charge in [0.15, 0.2) is 0 Å². The number of ether oxygens (including phenoxy) is 1. The van der Waals surface area contributed by atoms with Gasteiger partial charge >= 0.3 is 5.97 Å². The van der Waals surface area contributed by atoms with Crippen molar-refractivity contribution in [1.82, 2.24) is 9.80 Å². The minimum absolute atomic E-state index is 0.0381. The zero-order valence-electron chi connectivity index (χ0n) is 16.7. The molecule has 0 saturated carbocycles. The van der Waals surface area contributed by atoms with Crippen LogP contribution in [0.15, 0.2) is 24.3 Å². The SMILES string of the molecule is Cc1cccc(OCCCCC(=O)N(C)CC(=O)N2CCC(C(=O)O)CC2)c1. The van der Waals surface area contributed by atoms with E-state index >= 15 is 0 Å². The molecule has 0 atom stereocenters. The summed E-state index contributed by atoms with van der Waals surface area (Å²) in [6.45, 7) is 3.48. The zero-order chi connectivity index (χ0) is 20.5. The van der Waals surface area contributed by atoms with Gasteiger partial charge < -0.3 is 19.6 Å². The first-order valence-electron chi connectivity index (χ1n) is 9.81. The molecular formula is C21H30N2O5. The number of unbranched alkanes of at least 4 members (excludes halogenated alkanes) is 1. The number of hydrogen-bond donors (Lipinski definition) is 1. The number of likely N-dealkylation sites (N-methyl/N-ethyl adjacent to an activating group) is 1. The summed E-state index contributed by atoms with van der Waals surface area (Å²) in [7, 11) is 1.63. The molecule has 1 fully saturated rings. The predicted octanol–water partition coefficient (Wildman–Crippen LogP) is 2.33. The van der Waals surface area contributed by atoms with Crippen molar-refractivity contribution in [1.29, 1.82) is 0 Å². The summed E-state index contributed by atoms with van der Waals surface area (Å²) in [4.78, 5) is 38.6. The number of carbonyl (C=O) groups is 3. The molecule has 28 heavy (non-hydrogen) atoms. The van der Waals surface area contributed by atoms with Crippen LogP contribution in [0.25, 0.3) is 0 Å². The highest BCUT2D eigenvalue weighted by Crippen LogP contribution is 2.17. The van der Waals surface area contributed by atoms with E-state index in [0.717, 1.165) is 17.7 Å². The number of aryl methyl sites for hydroxylation is 1. The van der Waals surface area contributed by atoms with Gasteiger partial charge in [-0.3, -0.25) is 14.4 Å². The van der Waals surface area contributed by atoms with Crippen molar-refractivity contribution in [2.75, 3.05) is 33.3 Å². The second-order valence-electron chi connectivity index (χ2n) is 7.37. The van der Waals surface area contributed by atoms with E-state index in [0.29, 0.717) is 45.4 Å². The van der Waals surface area contributed by atoms with Crippen LogP contribution in [0.2, 0.25) is 0 Å². The number of nitrogens with zero attached hydrogens (tertiary/aromatic N) is 2. The van der Waals surface area contributed by atoms with Crippen LogP contribution in [-0.2, 0) is 14.4 Å². The summed E-state index contributed by atoms with van der Waals surface area (Å²) < 4.78 is 5.67. The Bertz CT molecular complexity index is 683.